The molecular weight excluding hydrogens is 800 g/mol. The molecule has 3 amide bonds. The van der Waals surface area contributed by atoms with E-state index in [0.717, 1.165) is 38.5 Å². The smallest absolute Gasteiger partial charge is 0.264 e. The van der Waals surface area contributed by atoms with Gasteiger partial charge in [0.2, 0.25) is 8.41 Å². The minimum atomic E-state index is -3.51. The maximum absolute atomic E-state index is 16.9. The minimum absolute atomic E-state index is 0.0517. The molecule has 1 aromatic heterocycles. The predicted octanol–water partition coefficient (Wildman–Crippen LogP) is 9.12. The van der Waals surface area contributed by atoms with Gasteiger partial charge in [-0.1, -0.05) is 72.8 Å². The highest BCUT2D eigenvalue weighted by atomic mass is 28.4. The number of nitrogens with zero attached hydrogens (tertiary/aromatic N) is 6. The summed E-state index contributed by atoms with van der Waals surface area (Å²) in [5, 5.41) is 21.6. The van der Waals surface area contributed by atoms with E-state index in [1.807, 2.05) is 122 Å². The number of aliphatic hydroxyl groups excluding tert-OH is 1. The van der Waals surface area contributed by atoms with E-state index >= 15 is 8.90 Å². The van der Waals surface area contributed by atoms with Crippen LogP contribution in [-0.2, 0) is 34.6 Å². The summed E-state index contributed by atoms with van der Waals surface area (Å²) in [6.45, 7) is 5.77. The molecule has 6 aromatic carbocycles. The summed E-state index contributed by atoms with van der Waals surface area (Å²) >= 11 is 0. The number of rotatable bonds is 10. The quantitative estimate of drug-likeness (QED) is 0.108. The third-order valence-electron chi connectivity index (χ3n) is 13.4. The van der Waals surface area contributed by atoms with Crippen LogP contribution in [0, 0.1) is 5.92 Å². The summed E-state index contributed by atoms with van der Waals surface area (Å²) in [6.07, 6.45) is 1.89. The lowest BCUT2D eigenvalue weighted by atomic mass is 9.82. The molecule has 310 valence electrons. The summed E-state index contributed by atoms with van der Waals surface area (Å²) < 4.78 is 25.7. The van der Waals surface area contributed by atoms with Crippen molar-refractivity contribution in [2.45, 2.75) is 63.2 Å². The number of carbonyl (C=O) groups is 3. The molecule has 5 heterocycles. The van der Waals surface area contributed by atoms with Gasteiger partial charge < -0.3 is 18.9 Å². The molecular formula is C49H43FN6O5Si. The summed E-state index contributed by atoms with van der Waals surface area (Å²) in [6, 6.07) is 36.6. The molecule has 1 saturated heterocycles. The molecule has 0 radical (unpaired) electrons. The van der Waals surface area contributed by atoms with Gasteiger partial charge in [0.25, 0.3) is 17.7 Å². The van der Waals surface area contributed by atoms with Gasteiger partial charge in [0, 0.05) is 64.9 Å². The second kappa shape index (κ2) is 14.0. The highest BCUT2D eigenvalue weighted by molar-refractivity contribution is 6.72. The normalized spacial score (nSPS) is 21.5. The highest BCUT2D eigenvalue weighted by Crippen LogP contribution is 2.61. The number of fused-ring (bicyclic) bond motifs is 2. The molecule has 13 heteroatoms. The Kier molecular flexibility index (Phi) is 8.66. The van der Waals surface area contributed by atoms with Crippen molar-refractivity contribution in [2.75, 3.05) is 21.3 Å². The van der Waals surface area contributed by atoms with Crippen LogP contribution >= 0.6 is 0 Å². The Morgan fingerprint density at radius 3 is 2.02 bits per heavy atom. The molecule has 1 fully saturated rings. The van der Waals surface area contributed by atoms with Gasteiger partial charge in [-0.15, -0.1) is 5.10 Å². The maximum Gasteiger partial charge on any atom is 0.264 e. The first kappa shape index (κ1) is 38.4. The van der Waals surface area contributed by atoms with Gasteiger partial charge in [-0.25, -0.2) is 0 Å². The SMILES string of the molecule is C[C@@H]1[C@@H]([Si](C)(C)F)[C@H](CCn2cc(CCO)nn2)O[C@@]12C(=O)N(Cc1cccc(N3C(=O)c4cccc5cccc3c45)c1)c1ccc(N3C(=O)c4cccc5cccc3c45)cc12. The number of benzene rings is 6. The average molecular weight is 843 g/mol. The van der Waals surface area contributed by atoms with Crippen molar-refractivity contribution >= 4 is 76.1 Å². The minimum Gasteiger partial charge on any atom is -0.396 e. The number of carbonyl (C=O) groups excluding carboxylic acids is 3. The predicted molar refractivity (Wildman–Crippen MR) is 238 cm³/mol. The lowest BCUT2D eigenvalue weighted by Crippen LogP contribution is -2.45. The number of anilines is 5. The van der Waals surface area contributed by atoms with E-state index in [1.165, 1.54) is 0 Å². The van der Waals surface area contributed by atoms with E-state index in [1.54, 1.807) is 38.7 Å². The molecule has 62 heavy (non-hydrogen) atoms. The number of hydrogen-bond acceptors (Lipinski definition) is 7. The third-order valence-corrected chi connectivity index (χ3v) is 15.9. The van der Waals surface area contributed by atoms with Crippen molar-refractivity contribution in [1.29, 1.82) is 0 Å². The first-order chi connectivity index (χ1) is 30.0. The van der Waals surface area contributed by atoms with Gasteiger partial charge in [-0.2, -0.15) is 0 Å². The first-order valence-corrected chi connectivity index (χ1v) is 24.1. The van der Waals surface area contributed by atoms with Crippen LogP contribution in [-0.4, -0.2) is 58.9 Å². The zero-order chi connectivity index (χ0) is 42.7. The molecule has 7 aromatic rings. The molecule has 11 rings (SSSR count). The third kappa shape index (κ3) is 5.57. The van der Waals surface area contributed by atoms with Gasteiger partial charge in [-0.05, 0) is 90.4 Å². The van der Waals surface area contributed by atoms with Crippen LogP contribution < -0.4 is 14.7 Å². The van der Waals surface area contributed by atoms with Crippen LogP contribution in [0.4, 0.5) is 32.5 Å². The molecule has 0 saturated carbocycles. The van der Waals surface area contributed by atoms with Gasteiger partial charge in [0.15, 0.2) is 5.60 Å². The van der Waals surface area contributed by atoms with Crippen molar-refractivity contribution in [3.05, 3.63) is 149 Å². The van der Waals surface area contributed by atoms with Crippen LogP contribution in [0.25, 0.3) is 21.5 Å². The topological polar surface area (TPSA) is 121 Å². The lowest BCUT2D eigenvalue weighted by molar-refractivity contribution is -0.146. The molecule has 11 nitrogen and oxygen atoms in total. The zero-order valence-electron chi connectivity index (χ0n) is 34.5. The zero-order valence-corrected chi connectivity index (χ0v) is 35.5. The molecule has 0 bridgehead atoms. The van der Waals surface area contributed by atoms with Gasteiger partial charge in [0.1, 0.15) is 0 Å². The standard InChI is InChI=1S/C49H43FN6O5Si/c1-29-45(62(2,3)50)42(21-23-53-28-33(22-24-57)51-52-53)61-49(29)38-26-35(56-41-18-8-13-32-11-6-16-37(44(32)41)47(56)59)19-20-39(38)54(48(49)60)27-30-9-4-14-34(25-30)55-40-17-7-12-31-10-5-15-36(43(31)40)46(55)58/h4-20,25-26,28-29,42,45,57H,21-24,27H2,1-3H3/t29-,42+,45-,49+/m1/s1. The van der Waals surface area contributed by atoms with E-state index in [2.05, 4.69) is 10.3 Å². The lowest BCUT2D eigenvalue weighted by Gasteiger charge is -2.31. The Morgan fingerprint density at radius 2 is 1.39 bits per heavy atom. The Morgan fingerprint density at radius 1 is 0.774 bits per heavy atom. The van der Waals surface area contributed by atoms with Gasteiger partial charge in [0.05, 0.1) is 46.5 Å². The fourth-order valence-corrected chi connectivity index (χ4v) is 13.4. The highest BCUT2D eigenvalue weighted by Gasteiger charge is 2.66. The molecule has 4 aliphatic heterocycles. The van der Waals surface area contributed by atoms with Crippen LogP contribution in [0.1, 0.15) is 50.9 Å². The molecule has 0 aliphatic carbocycles. The number of amides is 3. The number of hydrogen-bond donors (Lipinski definition) is 1. The molecule has 4 atom stereocenters. The number of ether oxygens (including phenoxy) is 1. The van der Waals surface area contributed by atoms with Crippen molar-refractivity contribution in [2.24, 2.45) is 5.92 Å². The van der Waals surface area contributed by atoms with E-state index in [4.69, 9.17) is 4.74 Å². The van der Waals surface area contributed by atoms with Crippen LogP contribution in [0.5, 0.6) is 0 Å². The van der Waals surface area contributed by atoms with E-state index in [0.29, 0.717) is 58.8 Å². The average Bonchev–Trinajstić information content (AvgIpc) is 4.04. The maximum atomic E-state index is 16.9. The largest absolute Gasteiger partial charge is 0.396 e. The monoisotopic (exact) mass is 842 g/mol. The number of aryl methyl sites for hydroxylation is 1. The first-order valence-electron chi connectivity index (χ1n) is 21.1. The number of halogens is 1. The number of aliphatic hydroxyl groups is 1. The second-order valence-corrected chi connectivity index (χ2v) is 21.2. The Balaban J connectivity index is 1.00. The molecule has 4 aliphatic rings. The van der Waals surface area contributed by atoms with Crippen LogP contribution in [0.3, 0.4) is 0 Å². The number of aromatic nitrogens is 3. The summed E-state index contributed by atoms with van der Waals surface area (Å²) in [5.41, 5.74) is 4.60. The summed E-state index contributed by atoms with van der Waals surface area (Å²) in [5.74, 6) is -1.16. The van der Waals surface area contributed by atoms with E-state index in [-0.39, 0.29) is 30.9 Å². The van der Waals surface area contributed by atoms with Gasteiger partial charge in [-0.3, -0.25) is 28.9 Å². The van der Waals surface area contributed by atoms with Crippen molar-refractivity contribution in [3.8, 4) is 0 Å². The summed E-state index contributed by atoms with van der Waals surface area (Å²) in [4.78, 5) is 48.9. The summed E-state index contributed by atoms with van der Waals surface area (Å²) in [7, 11) is -3.51. The van der Waals surface area contributed by atoms with Crippen LogP contribution in [0.2, 0.25) is 18.6 Å². The van der Waals surface area contributed by atoms with E-state index < -0.39 is 31.6 Å². The van der Waals surface area contributed by atoms with Crippen molar-refractivity contribution < 1.29 is 28.3 Å². The van der Waals surface area contributed by atoms with Gasteiger partial charge >= 0.3 is 0 Å². The van der Waals surface area contributed by atoms with Crippen molar-refractivity contribution in [1.82, 2.24) is 15.0 Å². The molecule has 1 spiro atoms. The second-order valence-electron chi connectivity index (χ2n) is 17.4. The van der Waals surface area contributed by atoms with E-state index in [9.17, 15) is 14.7 Å². The Labute approximate surface area is 358 Å². The molecule has 1 N–H and O–H groups in total. The van der Waals surface area contributed by atoms with Crippen molar-refractivity contribution in [3.63, 3.8) is 0 Å². The fraction of sp³-hybridized carbons (Fsp3) is 0.245. The Hall–Kier alpha value is -6.54. The van der Waals surface area contributed by atoms with Crippen LogP contribution in [0.15, 0.2) is 121 Å². The Bertz CT molecular complexity index is 3030. The fourth-order valence-electron chi connectivity index (χ4n) is 10.9. The molecule has 0 unspecified atom stereocenters.